The quantitative estimate of drug-likeness (QED) is 0.511. The summed E-state index contributed by atoms with van der Waals surface area (Å²) in [5.41, 5.74) is 0.862. The van der Waals surface area contributed by atoms with E-state index in [1.165, 1.54) is 6.33 Å². The summed E-state index contributed by atoms with van der Waals surface area (Å²) in [5, 5.41) is 3.85. The molecule has 7 heteroatoms. The first-order valence-corrected chi connectivity index (χ1v) is 9.20. The average Bonchev–Trinajstić information content (AvgIpc) is 2.50. The van der Waals surface area contributed by atoms with Crippen molar-refractivity contribution in [3.8, 4) is 0 Å². The highest BCUT2D eigenvalue weighted by molar-refractivity contribution is 7.99. The smallest absolute Gasteiger partial charge is 0.284 e. The molecule has 0 fully saturated rings. The minimum Gasteiger partial charge on any atom is -0.369 e. The van der Waals surface area contributed by atoms with Crippen molar-refractivity contribution in [2.45, 2.75) is 57.6 Å². The van der Waals surface area contributed by atoms with Gasteiger partial charge in [0.2, 0.25) is 0 Å². The molecule has 0 atom stereocenters. The molecule has 0 aliphatic heterocycles. The van der Waals surface area contributed by atoms with E-state index in [2.05, 4.69) is 15.3 Å². The third kappa shape index (κ3) is 8.13. The fourth-order valence-electron chi connectivity index (χ4n) is 2.09. The third-order valence-corrected chi connectivity index (χ3v) is 4.48. The summed E-state index contributed by atoms with van der Waals surface area (Å²) < 4.78 is 23.8. The second kappa shape index (κ2) is 11.9. The van der Waals surface area contributed by atoms with E-state index in [-0.39, 0.29) is 0 Å². The Bertz CT molecular complexity index is 422. The third-order valence-electron chi connectivity index (χ3n) is 3.30. The number of anilines is 1. The van der Waals surface area contributed by atoms with Crippen LogP contribution in [0, 0.1) is 0 Å². The molecular weight excluding hydrogens is 328 g/mol. The molecule has 126 valence electrons. The van der Waals surface area contributed by atoms with Gasteiger partial charge in [-0.2, -0.15) is 8.78 Å². The van der Waals surface area contributed by atoms with E-state index in [0.29, 0.717) is 16.6 Å². The number of halogens is 3. The zero-order valence-electron chi connectivity index (χ0n) is 13.0. The molecule has 0 bridgehead atoms. The van der Waals surface area contributed by atoms with E-state index < -0.39 is 5.76 Å². The van der Waals surface area contributed by atoms with Gasteiger partial charge in [0.05, 0.1) is 5.69 Å². The van der Waals surface area contributed by atoms with Crippen molar-refractivity contribution in [2.24, 2.45) is 0 Å². The first kappa shape index (κ1) is 19.4. The van der Waals surface area contributed by atoms with Crippen LogP contribution in [0.4, 0.5) is 14.6 Å². The van der Waals surface area contributed by atoms with Gasteiger partial charge in [-0.05, 0) is 25.0 Å². The summed E-state index contributed by atoms with van der Waals surface area (Å²) in [6.07, 6.45) is 8.65. The summed E-state index contributed by atoms with van der Waals surface area (Å²) in [6.45, 7) is 2.85. The van der Waals surface area contributed by atoms with Gasteiger partial charge in [-0.25, -0.2) is 9.97 Å². The second-order valence-corrected chi connectivity index (χ2v) is 6.49. The van der Waals surface area contributed by atoms with Gasteiger partial charge in [0.15, 0.2) is 0 Å². The molecule has 22 heavy (non-hydrogen) atoms. The van der Waals surface area contributed by atoms with E-state index in [1.807, 2.05) is 6.92 Å². The molecule has 0 aromatic carbocycles. The molecule has 0 radical (unpaired) electrons. The number of thioether (sulfide) groups is 1. The first-order valence-electron chi connectivity index (χ1n) is 7.78. The van der Waals surface area contributed by atoms with Crippen LogP contribution in [0.3, 0.4) is 0 Å². The van der Waals surface area contributed by atoms with Gasteiger partial charge in [0.1, 0.15) is 17.2 Å². The number of unbranched alkanes of at least 4 members (excludes halogenated alkanes) is 5. The van der Waals surface area contributed by atoms with Crippen LogP contribution in [-0.4, -0.2) is 28.0 Å². The summed E-state index contributed by atoms with van der Waals surface area (Å²) >= 11 is 6.94. The summed E-state index contributed by atoms with van der Waals surface area (Å²) in [5.74, 6) is -0.962. The van der Waals surface area contributed by atoms with Crippen LogP contribution in [0.2, 0.25) is 5.02 Å². The number of aromatic nitrogens is 2. The lowest BCUT2D eigenvalue weighted by molar-refractivity contribution is 0.252. The lowest BCUT2D eigenvalue weighted by Gasteiger charge is -2.09. The Hall–Kier alpha value is -0.620. The van der Waals surface area contributed by atoms with Crippen LogP contribution in [0.5, 0.6) is 0 Å². The van der Waals surface area contributed by atoms with Gasteiger partial charge >= 0.3 is 0 Å². The van der Waals surface area contributed by atoms with Gasteiger partial charge in [-0.1, -0.05) is 56.0 Å². The van der Waals surface area contributed by atoms with E-state index in [1.54, 1.807) is 0 Å². The predicted molar refractivity (Wildman–Crippen MR) is 91.1 cm³/mol. The van der Waals surface area contributed by atoms with Gasteiger partial charge in [0, 0.05) is 6.54 Å². The van der Waals surface area contributed by atoms with Crippen molar-refractivity contribution in [3.05, 3.63) is 17.0 Å². The summed E-state index contributed by atoms with van der Waals surface area (Å²) in [7, 11) is 0. The van der Waals surface area contributed by atoms with Crippen molar-refractivity contribution in [3.63, 3.8) is 0 Å². The summed E-state index contributed by atoms with van der Waals surface area (Å²) in [6, 6.07) is 0. The normalized spacial score (nSPS) is 11.1. The number of nitrogens with zero attached hydrogens (tertiary/aromatic N) is 2. The van der Waals surface area contributed by atoms with Crippen molar-refractivity contribution >= 4 is 29.2 Å². The van der Waals surface area contributed by atoms with E-state index >= 15 is 0 Å². The van der Waals surface area contributed by atoms with E-state index in [9.17, 15) is 8.78 Å². The Balaban J connectivity index is 2.02. The number of alkyl halides is 2. The molecule has 0 saturated heterocycles. The molecule has 1 aromatic heterocycles. The first-order chi connectivity index (χ1) is 10.6. The molecule has 1 N–H and O–H groups in total. The van der Waals surface area contributed by atoms with Crippen LogP contribution in [0.1, 0.15) is 51.1 Å². The average molecular weight is 352 g/mol. The zero-order chi connectivity index (χ0) is 16.2. The number of nitrogens with one attached hydrogen (secondary N) is 1. The van der Waals surface area contributed by atoms with Crippen molar-refractivity contribution in [2.75, 3.05) is 17.6 Å². The van der Waals surface area contributed by atoms with Gasteiger partial charge in [-0.3, -0.25) is 0 Å². The highest BCUT2D eigenvalue weighted by atomic mass is 35.5. The van der Waals surface area contributed by atoms with Crippen LogP contribution in [-0.2, 0) is 6.42 Å². The molecule has 0 aliphatic carbocycles. The fraction of sp³-hybridized carbons (Fsp3) is 0.733. The lowest BCUT2D eigenvalue weighted by Crippen LogP contribution is -2.05. The predicted octanol–water partition coefficient (Wildman–Crippen LogP) is 5.40. The Morgan fingerprint density at radius 3 is 2.50 bits per heavy atom. The fourth-order valence-corrected chi connectivity index (χ4v) is 2.94. The maximum Gasteiger partial charge on any atom is 0.284 e. The number of hydrogen-bond acceptors (Lipinski definition) is 4. The Morgan fingerprint density at radius 1 is 1.14 bits per heavy atom. The molecule has 0 spiro atoms. The lowest BCUT2D eigenvalue weighted by atomic mass is 10.1. The molecule has 3 nitrogen and oxygen atoms in total. The number of rotatable bonds is 12. The van der Waals surface area contributed by atoms with E-state index in [0.717, 1.165) is 68.9 Å². The van der Waals surface area contributed by atoms with Crippen LogP contribution in [0.15, 0.2) is 6.33 Å². The van der Waals surface area contributed by atoms with Crippen LogP contribution < -0.4 is 5.32 Å². The highest BCUT2D eigenvalue weighted by Gasteiger charge is 2.06. The molecule has 1 aromatic rings. The van der Waals surface area contributed by atoms with E-state index in [4.69, 9.17) is 11.6 Å². The number of aryl methyl sites for hydroxylation is 1. The Kier molecular flexibility index (Phi) is 10.5. The molecule has 0 saturated carbocycles. The van der Waals surface area contributed by atoms with Gasteiger partial charge in [-0.15, -0.1) is 0 Å². The zero-order valence-corrected chi connectivity index (χ0v) is 14.5. The second-order valence-electron chi connectivity index (χ2n) is 5.02. The van der Waals surface area contributed by atoms with Crippen molar-refractivity contribution < 1.29 is 8.78 Å². The molecular formula is C15H24ClF2N3S. The largest absolute Gasteiger partial charge is 0.369 e. The Morgan fingerprint density at radius 2 is 1.82 bits per heavy atom. The van der Waals surface area contributed by atoms with Crippen molar-refractivity contribution in [1.29, 1.82) is 0 Å². The maximum absolute atomic E-state index is 11.9. The van der Waals surface area contributed by atoms with Crippen molar-refractivity contribution in [1.82, 2.24) is 9.97 Å². The maximum atomic E-state index is 11.9. The minimum absolute atomic E-state index is 0.561. The SMILES string of the molecule is CCc1ncnc(NCCCCCCCCSC(F)F)c1Cl. The highest BCUT2D eigenvalue weighted by Crippen LogP contribution is 2.22. The molecule has 0 amide bonds. The minimum atomic E-state index is -2.23. The molecule has 0 aliphatic rings. The topological polar surface area (TPSA) is 37.8 Å². The number of hydrogen-bond donors (Lipinski definition) is 1. The molecule has 1 heterocycles. The Labute approximate surface area is 140 Å². The van der Waals surface area contributed by atoms with Crippen LogP contribution >= 0.6 is 23.4 Å². The summed E-state index contributed by atoms with van der Waals surface area (Å²) in [4.78, 5) is 8.28. The molecule has 0 unspecified atom stereocenters. The monoisotopic (exact) mass is 351 g/mol. The molecule has 1 rings (SSSR count). The van der Waals surface area contributed by atoms with Gasteiger partial charge < -0.3 is 5.32 Å². The van der Waals surface area contributed by atoms with Gasteiger partial charge in [0.25, 0.3) is 5.76 Å². The van der Waals surface area contributed by atoms with Crippen LogP contribution in [0.25, 0.3) is 0 Å². The standard InChI is InChI=1S/C15H24ClF2N3S/c1-2-12-13(16)14(21-11-20-12)19-9-7-5-3-4-6-8-10-22-15(17)18/h11,15H,2-10H2,1H3,(H,19,20,21).